The Morgan fingerprint density at radius 3 is 3.12 bits per heavy atom. The van der Waals surface area contributed by atoms with E-state index >= 15 is 0 Å². The summed E-state index contributed by atoms with van der Waals surface area (Å²) in [6, 6.07) is 0. The van der Waals surface area contributed by atoms with Crippen LogP contribution < -0.4 is 11.1 Å². The van der Waals surface area contributed by atoms with E-state index < -0.39 is 5.91 Å². The number of nitrogens with zero attached hydrogens (tertiary/aromatic N) is 3. The van der Waals surface area contributed by atoms with Crippen LogP contribution in [0.25, 0.3) is 0 Å². The summed E-state index contributed by atoms with van der Waals surface area (Å²) in [5, 5.41) is 7.12. The van der Waals surface area contributed by atoms with Gasteiger partial charge in [0, 0.05) is 12.4 Å². The number of rotatable bonds is 5. The third kappa shape index (κ3) is 2.59. The van der Waals surface area contributed by atoms with Gasteiger partial charge in [-0.25, -0.2) is 4.98 Å². The number of hydrogen-bond acceptors (Lipinski definition) is 4. The number of imidazole rings is 1. The maximum Gasteiger partial charge on any atom is 0.239 e. The topological polar surface area (TPSA) is 102 Å². The highest BCUT2D eigenvalue weighted by Gasteiger charge is 2.01. The highest BCUT2D eigenvalue weighted by Crippen LogP contribution is 2.06. The third-order valence-corrected chi connectivity index (χ3v) is 1.99. The first-order valence-corrected chi connectivity index (χ1v) is 4.76. The van der Waals surface area contributed by atoms with E-state index in [1.165, 1.54) is 4.68 Å². The summed E-state index contributed by atoms with van der Waals surface area (Å²) in [6.45, 7) is 0.716. The van der Waals surface area contributed by atoms with Gasteiger partial charge in [-0.05, 0) is 0 Å². The molecule has 0 fully saturated rings. The van der Waals surface area contributed by atoms with Crippen LogP contribution in [0.15, 0.2) is 24.9 Å². The monoisotopic (exact) mass is 220 g/mol. The highest BCUT2D eigenvalue weighted by molar-refractivity contribution is 5.73. The molecule has 2 aromatic rings. The number of anilines is 1. The van der Waals surface area contributed by atoms with Crippen LogP contribution in [0, 0.1) is 0 Å². The van der Waals surface area contributed by atoms with Gasteiger partial charge in [0.2, 0.25) is 5.91 Å². The van der Waals surface area contributed by atoms with Gasteiger partial charge in [-0.15, -0.1) is 0 Å². The summed E-state index contributed by atoms with van der Waals surface area (Å²) in [6.07, 6.45) is 6.72. The average molecular weight is 220 g/mol. The van der Waals surface area contributed by atoms with E-state index in [9.17, 15) is 4.79 Å². The quantitative estimate of drug-likeness (QED) is 0.644. The molecule has 0 saturated heterocycles. The molecule has 16 heavy (non-hydrogen) atoms. The van der Waals surface area contributed by atoms with Crippen LogP contribution in [-0.4, -0.2) is 25.7 Å². The number of nitrogens with two attached hydrogens (primary N) is 1. The van der Waals surface area contributed by atoms with E-state index in [-0.39, 0.29) is 6.54 Å². The molecule has 0 radical (unpaired) electrons. The molecule has 7 heteroatoms. The fraction of sp³-hybridized carbons (Fsp3) is 0.222. The molecule has 4 N–H and O–H groups in total. The Kier molecular flexibility index (Phi) is 2.86. The average Bonchev–Trinajstić information content (AvgIpc) is 2.84. The molecule has 0 saturated carbocycles. The number of primary amides is 1. The lowest BCUT2D eigenvalue weighted by Gasteiger charge is -1.99. The Hall–Kier alpha value is -2.31. The maximum atomic E-state index is 10.7. The standard InChI is InChI=1S/C9H12N6O/c10-9(16)5-15-4-8(3-14-15)12-2-7-1-11-6-13-7/h1,3-4,6,12H,2,5H2,(H2,10,16)(H,11,13). The summed E-state index contributed by atoms with van der Waals surface area (Å²) >= 11 is 0. The maximum absolute atomic E-state index is 10.7. The van der Waals surface area contributed by atoms with Gasteiger partial charge in [0.1, 0.15) is 6.54 Å². The summed E-state index contributed by atoms with van der Waals surface area (Å²) in [5.41, 5.74) is 6.86. The van der Waals surface area contributed by atoms with Gasteiger partial charge < -0.3 is 16.0 Å². The zero-order valence-electron chi connectivity index (χ0n) is 8.55. The largest absolute Gasteiger partial charge is 0.377 e. The van der Waals surface area contributed by atoms with Crippen molar-refractivity contribution in [3.63, 3.8) is 0 Å². The lowest BCUT2D eigenvalue weighted by atomic mass is 10.4. The molecule has 0 unspecified atom stereocenters. The number of hydrogen-bond donors (Lipinski definition) is 3. The number of aromatic nitrogens is 4. The SMILES string of the molecule is NC(=O)Cn1cc(NCc2cnc[nH]2)cn1. The molecule has 0 aliphatic carbocycles. The second kappa shape index (κ2) is 4.47. The predicted octanol–water partition coefficient (Wildman–Crippen LogP) is -0.296. The normalized spacial score (nSPS) is 10.2. The molecule has 84 valence electrons. The lowest BCUT2D eigenvalue weighted by Crippen LogP contribution is -2.18. The summed E-state index contributed by atoms with van der Waals surface area (Å²) in [4.78, 5) is 17.5. The van der Waals surface area contributed by atoms with Crippen LogP contribution in [0.1, 0.15) is 5.69 Å². The molecule has 0 atom stereocenters. The van der Waals surface area contributed by atoms with Gasteiger partial charge in [0.25, 0.3) is 0 Å². The second-order valence-electron chi connectivity index (χ2n) is 3.32. The fourth-order valence-corrected chi connectivity index (χ4v) is 1.28. The molecule has 0 aromatic carbocycles. The Balaban J connectivity index is 1.90. The zero-order chi connectivity index (χ0) is 11.4. The molecule has 1 amide bonds. The van der Waals surface area contributed by atoms with Crippen LogP contribution in [0.5, 0.6) is 0 Å². The smallest absolute Gasteiger partial charge is 0.239 e. The number of aromatic amines is 1. The molecule has 0 aliphatic rings. The van der Waals surface area contributed by atoms with Gasteiger partial charge >= 0.3 is 0 Å². The first-order valence-electron chi connectivity index (χ1n) is 4.76. The second-order valence-corrected chi connectivity index (χ2v) is 3.32. The van der Waals surface area contributed by atoms with Gasteiger partial charge in [-0.1, -0.05) is 0 Å². The third-order valence-electron chi connectivity index (χ3n) is 1.99. The minimum atomic E-state index is -0.414. The number of amides is 1. The van der Waals surface area contributed by atoms with E-state index in [2.05, 4.69) is 20.4 Å². The summed E-state index contributed by atoms with van der Waals surface area (Å²) in [5.74, 6) is -0.414. The Bertz CT molecular complexity index is 460. The Morgan fingerprint density at radius 2 is 2.44 bits per heavy atom. The van der Waals surface area contributed by atoms with E-state index in [4.69, 9.17) is 5.73 Å². The van der Waals surface area contributed by atoms with E-state index in [0.717, 1.165) is 11.4 Å². The van der Waals surface area contributed by atoms with Crippen LogP contribution >= 0.6 is 0 Å². The molecular weight excluding hydrogens is 208 g/mol. The van der Waals surface area contributed by atoms with Gasteiger partial charge in [0.05, 0.1) is 30.5 Å². The molecular formula is C9H12N6O. The highest BCUT2D eigenvalue weighted by atomic mass is 16.1. The van der Waals surface area contributed by atoms with Crippen LogP contribution in [0.4, 0.5) is 5.69 Å². The van der Waals surface area contributed by atoms with Crippen molar-refractivity contribution in [1.29, 1.82) is 0 Å². The molecule has 0 spiro atoms. The van der Waals surface area contributed by atoms with Crippen molar-refractivity contribution in [2.24, 2.45) is 5.73 Å². The van der Waals surface area contributed by atoms with Gasteiger partial charge in [-0.2, -0.15) is 5.10 Å². The summed E-state index contributed by atoms with van der Waals surface area (Å²) in [7, 11) is 0. The van der Waals surface area contributed by atoms with Crippen LogP contribution in [0.2, 0.25) is 0 Å². The van der Waals surface area contributed by atoms with Crippen LogP contribution in [0.3, 0.4) is 0 Å². The summed E-state index contributed by atoms with van der Waals surface area (Å²) < 4.78 is 1.48. The van der Waals surface area contributed by atoms with Crippen LogP contribution in [-0.2, 0) is 17.9 Å². The number of nitrogens with one attached hydrogen (secondary N) is 2. The van der Waals surface area contributed by atoms with Crippen molar-refractivity contribution in [2.75, 3.05) is 5.32 Å². The van der Waals surface area contributed by atoms with Crippen molar-refractivity contribution in [2.45, 2.75) is 13.1 Å². The minimum Gasteiger partial charge on any atom is -0.377 e. The van der Waals surface area contributed by atoms with Gasteiger partial charge in [-0.3, -0.25) is 9.48 Å². The predicted molar refractivity (Wildman–Crippen MR) is 57.3 cm³/mol. The van der Waals surface area contributed by atoms with E-state index in [1.807, 2.05) is 0 Å². The molecule has 2 heterocycles. The zero-order valence-corrected chi connectivity index (χ0v) is 8.55. The first kappa shape index (κ1) is 10.2. The number of carbonyl (C=O) groups excluding carboxylic acids is 1. The van der Waals surface area contributed by atoms with Crippen molar-refractivity contribution >= 4 is 11.6 Å². The van der Waals surface area contributed by atoms with E-state index in [0.29, 0.717) is 6.54 Å². The van der Waals surface area contributed by atoms with Crippen molar-refractivity contribution in [1.82, 2.24) is 19.7 Å². The van der Waals surface area contributed by atoms with Gasteiger partial charge in [0.15, 0.2) is 0 Å². The van der Waals surface area contributed by atoms with Crippen molar-refractivity contribution in [3.05, 3.63) is 30.6 Å². The molecule has 2 aromatic heterocycles. The number of carbonyl (C=O) groups is 1. The first-order chi connectivity index (χ1) is 7.74. The molecule has 0 bridgehead atoms. The number of H-pyrrole nitrogens is 1. The minimum absolute atomic E-state index is 0.0890. The molecule has 0 aliphatic heterocycles. The Labute approximate surface area is 91.7 Å². The van der Waals surface area contributed by atoms with E-state index in [1.54, 1.807) is 24.9 Å². The molecule has 7 nitrogen and oxygen atoms in total. The molecule has 2 rings (SSSR count). The van der Waals surface area contributed by atoms with Crippen molar-refractivity contribution in [3.8, 4) is 0 Å². The fourth-order valence-electron chi connectivity index (χ4n) is 1.28. The lowest BCUT2D eigenvalue weighted by molar-refractivity contribution is -0.118. The van der Waals surface area contributed by atoms with Crippen molar-refractivity contribution < 1.29 is 4.79 Å². The Morgan fingerprint density at radius 1 is 1.56 bits per heavy atom.